The fourth-order valence-corrected chi connectivity index (χ4v) is 5.97. The second-order valence-electron chi connectivity index (χ2n) is 9.54. The number of furan rings is 1. The van der Waals surface area contributed by atoms with Gasteiger partial charge in [-0.25, -0.2) is 19.0 Å². The molecule has 10 heteroatoms. The Morgan fingerprint density at radius 3 is 2.47 bits per heavy atom. The van der Waals surface area contributed by atoms with Gasteiger partial charge in [-0.2, -0.15) is 0 Å². The van der Waals surface area contributed by atoms with Crippen molar-refractivity contribution in [2.24, 2.45) is 4.99 Å². The van der Waals surface area contributed by atoms with Gasteiger partial charge in [-0.3, -0.25) is 9.36 Å². The van der Waals surface area contributed by atoms with Crippen LogP contribution in [0.15, 0.2) is 111 Å². The highest BCUT2D eigenvalue weighted by molar-refractivity contribution is 7.07. The maximum atomic E-state index is 14.0. The lowest BCUT2D eigenvalue weighted by atomic mass is 9.93. The Hall–Kier alpha value is -5.35. The summed E-state index contributed by atoms with van der Waals surface area (Å²) in [6.45, 7) is 1.80. The lowest BCUT2D eigenvalue weighted by molar-refractivity contribution is -0.138. The number of carbonyl (C=O) groups is 2. The average Bonchev–Trinajstić information content (AvgIpc) is 3.61. The van der Waals surface area contributed by atoms with Crippen molar-refractivity contribution in [1.29, 1.82) is 0 Å². The predicted octanol–water partition coefficient (Wildman–Crippen LogP) is 5.03. The number of rotatable bonds is 7. The number of hydrogen-bond acceptors (Lipinski definition) is 7. The molecule has 1 atom stereocenters. The Morgan fingerprint density at radius 2 is 1.74 bits per heavy atom. The summed E-state index contributed by atoms with van der Waals surface area (Å²) in [5.74, 6) is -1.53. The zero-order chi connectivity index (χ0) is 30.1. The molecule has 0 amide bonds. The molecule has 5 aromatic rings. The number of esters is 1. The molecule has 1 aliphatic heterocycles. The minimum absolute atomic E-state index is 0.0852. The Morgan fingerprint density at radius 1 is 1.02 bits per heavy atom. The smallest absolute Gasteiger partial charge is 0.338 e. The Kier molecular flexibility index (Phi) is 7.43. The maximum Gasteiger partial charge on any atom is 0.338 e. The highest BCUT2D eigenvalue weighted by Crippen LogP contribution is 2.35. The quantitative estimate of drug-likeness (QED) is 0.265. The zero-order valence-electron chi connectivity index (χ0n) is 22.7. The first-order chi connectivity index (χ1) is 20.9. The van der Waals surface area contributed by atoms with Gasteiger partial charge in [-0.15, -0.1) is 0 Å². The van der Waals surface area contributed by atoms with E-state index in [9.17, 15) is 23.9 Å². The van der Waals surface area contributed by atoms with E-state index in [0.717, 1.165) is 11.3 Å². The summed E-state index contributed by atoms with van der Waals surface area (Å²) >= 11 is 1.11. The van der Waals surface area contributed by atoms with Crippen LogP contribution in [-0.4, -0.2) is 28.2 Å². The second-order valence-corrected chi connectivity index (χ2v) is 10.5. The highest BCUT2D eigenvalue weighted by Gasteiger charge is 2.35. The van der Waals surface area contributed by atoms with Crippen LogP contribution in [0, 0.1) is 5.82 Å². The molecule has 2 aromatic heterocycles. The fourth-order valence-electron chi connectivity index (χ4n) is 4.99. The topological polar surface area (TPSA) is 111 Å². The van der Waals surface area contributed by atoms with Crippen molar-refractivity contribution in [3.63, 3.8) is 0 Å². The third-order valence-corrected chi connectivity index (χ3v) is 7.87. The number of carboxylic acid groups (broad SMARTS) is 1. The molecule has 0 aliphatic carbocycles. The van der Waals surface area contributed by atoms with Gasteiger partial charge in [-0.05, 0) is 42.8 Å². The van der Waals surface area contributed by atoms with Crippen LogP contribution in [0.1, 0.15) is 40.2 Å². The van der Waals surface area contributed by atoms with Crippen LogP contribution in [0.25, 0.3) is 23.1 Å². The molecule has 1 unspecified atom stereocenters. The Balaban J connectivity index is 1.55. The van der Waals surface area contributed by atoms with Gasteiger partial charge in [0.15, 0.2) is 4.80 Å². The van der Waals surface area contributed by atoms with Crippen molar-refractivity contribution in [3.8, 4) is 11.3 Å². The Bertz CT molecular complexity index is 2070. The molecular weight excluding hydrogens is 571 g/mol. The maximum absolute atomic E-state index is 14.0. The van der Waals surface area contributed by atoms with Gasteiger partial charge in [0, 0.05) is 17.2 Å². The molecule has 3 aromatic carbocycles. The first-order valence-corrected chi connectivity index (χ1v) is 14.1. The molecule has 6 rings (SSSR count). The van der Waals surface area contributed by atoms with Crippen LogP contribution in [0.5, 0.6) is 0 Å². The first-order valence-electron chi connectivity index (χ1n) is 13.3. The third kappa shape index (κ3) is 5.24. The average molecular weight is 595 g/mol. The van der Waals surface area contributed by atoms with E-state index in [1.54, 1.807) is 43.3 Å². The van der Waals surface area contributed by atoms with E-state index < -0.39 is 29.4 Å². The van der Waals surface area contributed by atoms with Crippen molar-refractivity contribution in [2.45, 2.75) is 13.0 Å². The van der Waals surface area contributed by atoms with Crippen molar-refractivity contribution in [3.05, 3.63) is 145 Å². The number of carboxylic acids is 1. The predicted molar refractivity (Wildman–Crippen MR) is 159 cm³/mol. The number of ether oxygens (including phenoxy) is 1. The lowest BCUT2D eigenvalue weighted by Gasteiger charge is -2.25. The first kappa shape index (κ1) is 27.8. The third-order valence-electron chi connectivity index (χ3n) is 6.88. The van der Waals surface area contributed by atoms with Gasteiger partial charge >= 0.3 is 11.9 Å². The molecule has 1 aliphatic rings. The van der Waals surface area contributed by atoms with Crippen LogP contribution in [-0.2, 0) is 9.53 Å². The van der Waals surface area contributed by atoms with Crippen molar-refractivity contribution in [1.82, 2.24) is 4.57 Å². The molecular formula is C33H23FN2O6S. The number of thiazole rings is 1. The van der Waals surface area contributed by atoms with E-state index >= 15 is 0 Å². The number of aromatic carboxylic acids is 1. The molecule has 1 N–H and O–H groups in total. The summed E-state index contributed by atoms with van der Waals surface area (Å²) < 4.78 is 27.0. The minimum atomic E-state index is -1.09. The summed E-state index contributed by atoms with van der Waals surface area (Å²) in [6.07, 6.45) is 1.55. The molecule has 8 nitrogen and oxygen atoms in total. The van der Waals surface area contributed by atoms with E-state index in [0.29, 0.717) is 38.7 Å². The fraction of sp³-hybridized carbons (Fsp3) is 0.0909. The summed E-state index contributed by atoms with van der Waals surface area (Å²) in [5.41, 5.74) is 1.72. The molecule has 0 bridgehead atoms. The minimum Gasteiger partial charge on any atom is -0.478 e. The van der Waals surface area contributed by atoms with Crippen molar-refractivity contribution in [2.75, 3.05) is 6.61 Å². The summed E-state index contributed by atoms with van der Waals surface area (Å²) in [7, 11) is 0. The van der Waals surface area contributed by atoms with Gasteiger partial charge in [-0.1, -0.05) is 72.0 Å². The van der Waals surface area contributed by atoms with E-state index in [4.69, 9.17) is 14.1 Å². The van der Waals surface area contributed by atoms with E-state index in [1.165, 1.54) is 34.9 Å². The van der Waals surface area contributed by atoms with Crippen molar-refractivity contribution >= 4 is 35.0 Å². The number of hydrogen-bond donors (Lipinski definition) is 1. The van der Waals surface area contributed by atoms with E-state index in [2.05, 4.69) is 0 Å². The molecule has 0 radical (unpaired) electrons. The SMILES string of the molecule is CCOC(=O)C1=C(c2ccccc2)N=c2s/c(=C\c3ccc(-c4ccccc4C(=O)O)o3)c(=O)n2C1c1ccc(F)cc1. The van der Waals surface area contributed by atoms with E-state index in [1.807, 2.05) is 30.3 Å². The molecule has 214 valence electrons. The summed E-state index contributed by atoms with van der Waals surface area (Å²) in [4.78, 5) is 44.3. The zero-order valence-corrected chi connectivity index (χ0v) is 23.5. The number of nitrogens with zero attached hydrogens (tertiary/aromatic N) is 2. The van der Waals surface area contributed by atoms with Gasteiger partial charge < -0.3 is 14.3 Å². The molecule has 0 saturated carbocycles. The van der Waals surface area contributed by atoms with Crippen molar-refractivity contribution < 1.29 is 28.2 Å². The number of benzene rings is 3. The van der Waals surface area contributed by atoms with E-state index in [-0.39, 0.29) is 22.3 Å². The van der Waals surface area contributed by atoms with Gasteiger partial charge in [0.25, 0.3) is 5.56 Å². The summed E-state index contributed by atoms with van der Waals surface area (Å²) in [5, 5.41) is 9.57. The standard InChI is InChI=1S/C33H23FN2O6S/c1-2-41-32(40)27-28(19-8-4-3-5-9-19)35-33-36(29(27)20-12-14-21(34)15-13-20)30(37)26(43-33)18-22-16-17-25(42-22)23-10-6-7-11-24(23)31(38)39/h3-18,29H,2H2,1H3,(H,38,39)/b26-18-. The molecule has 0 spiro atoms. The molecule has 3 heterocycles. The van der Waals surface area contributed by atoms with Gasteiger partial charge in [0.1, 0.15) is 17.3 Å². The number of fused-ring (bicyclic) bond motifs is 1. The second kappa shape index (κ2) is 11.5. The summed E-state index contributed by atoms with van der Waals surface area (Å²) in [6, 6.07) is 23.5. The van der Waals surface area contributed by atoms with Gasteiger partial charge in [0.05, 0.1) is 34.0 Å². The Labute approximate surface area is 248 Å². The van der Waals surface area contributed by atoms with Crippen LogP contribution in [0.4, 0.5) is 4.39 Å². The van der Waals surface area contributed by atoms with Gasteiger partial charge in [0.2, 0.25) is 0 Å². The number of carbonyl (C=O) groups excluding carboxylic acids is 1. The van der Waals surface area contributed by atoms with Crippen LogP contribution in [0.2, 0.25) is 0 Å². The molecule has 0 fully saturated rings. The number of halogens is 1. The monoisotopic (exact) mass is 594 g/mol. The van der Waals surface area contributed by atoms with Crippen LogP contribution < -0.4 is 14.9 Å². The van der Waals surface area contributed by atoms with Crippen LogP contribution in [0.3, 0.4) is 0 Å². The normalized spacial score (nSPS) is 14.7. The highest BCUT2D eigenvalue weighted by atomic mass is 32.1. The number of aromatic nitrogens is 1. The molecule has 43 heavy (non-hydrogen) atoms. The lowest BCUT2D eigenvalue weighted by Crippen LogP contribution is -2.40. The largest absolute Gasteiger partial charge is 0.478 e. The van der Waals surface area contributed by atoms with Crippen LogP contribution >= 0.6 is 11.3 Å². The molecule has 0 saturated heterocycles.